The Labute approximate surface area is 160 Å². The Bertz CT molecular complexity index is 946. The number of thiophene rings is 1. The molecule has 0 radical (unpaired) electrons. The molecule has 0 saturated carbocycles. The van der Waals surface area contributed by atoms with Crippen LogP contribution in [-0.4, -0.2) is 21.6 Å². The second-order valence-electron chi connectivity index (χ2n) is 5.43. The van der Waals surface area contributed by atoms with Crippen LogP contribution >= 0.6 is 34.7 Å². The van der Waals surface area contributed by atoms with Gasteiger partial charge in [-0.3, -0.25) is 0 Å². The molecule has 0 aliphatic carbocycles. The molecule has 0 bridgehead atoms. The molecular formula is C19H18ClN3S2. The number of thioether (sulfide) groups is 1. The third-order valence-corrected chi connectivity index (χ3v) is 5.54. The molecule has 3 aromatic rings. The highest BCUT2D eigenvalue weighted by atomic mass is 35.5. The second kappa shape index (κ2) is 8.13. The van der Waals surface area contributed by atoms with Crippen LogP contribution < -0.4 is 0 Å². The zero-order chi connectivity index (χ0) is 17.8. The zero-order valence-corrected chi connectivity index (χ0v) is 16.7. The number of amidine groups is 1. The molecule has 3 nitrogen and oxygen atoms in total. The van der Waals surface area contributed by atoms with Gasteiger partial charge in [-0.2, -0.15) is 0 Å². The average Bonchev–Trinajstić information content (AvgIpc) is 2.92. The maximum absolute atomic E-state index is 5.65. The zero-order valence-electron chi connectivity index (χ0n) is 14.3. The fourth-order valence-electron chi connectivity index (χ4n) is 2.63. The van der Waals surface area contributed by atoms with Crippen molar-refractivity contribution in [1.29, 1.82) is 0 Å². The van der Waals surface area contributed by atoms with E-state index in [1.54, 1.807) is 23.1 Å². The third kappa shape index (κ3) is 3.94. The monoisotopic (exact) mass is 387 g/mol. The van der Waals surface area contributed by atoms with Gasteiger partial charge in [0.2, 0.25) is 0 Å². The topological polar surface area (TPSA) is 37.6 Å². The average molecular weight is 388 g/mol. The van der Waals surface area contributed by atoms with Crippen molar-refractivity contribution in [3.05, 3.63) is 46.8 Å². The number of halogens is 1. The molecule has 0 aliphatic heterocycles. The molecule has 0 spiro atoms. The third-order valence-electron chi connectivity index (χ3n) is 3.71. The molecule has 0 amide bonds. The van der Waals surface area contributed by atoms with E-state index in [0.717, 1.165) is 37.8 Å². The van der Waals surface area contributed by atoms with Crippen LogP contribution in [0.2, 0.25) is 0 Å². The summed E-state index contributed by atoms with van der Waals surface area (Å²) in [5.41, 5.74) is 5.50. The molecule has 3 rings (SSSR count). The number of nitrogens with zero attached hydrogens (tertiary/aromatic N) is 3. The van der Waals surface area contributed by atoms with E-state index < -0.39 is 0 Å². The summed E-state index contributed by atoms with van der Waals surface area (Å²) in [5, 5.41) is 1.77. The molecule has 0 fully saturated rings. The van der Waals surface area contributed by atoms with E-state index in [4.69, 9.17) is 21.6 Å². The van der Waals surface area contributed by atoms with Crippen LogP contribution in [0.3, 0.4) is 0 Å². The SMILES string of the molecule is CCSC(/N=C/Cl)=N/c1c(C)sc2nc(-c3ccccc3)cc(C)c12. The number of aromatic nitrogens is 1. The van der Waals surface area contributed by atoms with Gasteiger partial charge in [-0.15, -0.1) is 11.3 Å². The van der Waals surface area contributed by atoms with Crippen molar-refractivity contribution >= 4 is 61.4 Å². The van der Waals surface area contributed by atoms with Crippen LogP contribution in [-0.2, 0) is 0 Å². The highest BCUT2D eigenvalue weighted by Gasteiger charge is 2.15. The van der Waals surface area contributed by atoms with Crippen LogP contribution in [0.15, 0.2) is 46.4 Å². The van der Waals surface area contributed by atoms with Crippen LogP contribution in [0.25, 0.3) is 21.5 Å². The molecule has 0 aliphatic rings. The standard InChI is InChI=1S/C19H18ClN3S2/c1-4-24-19(21-11-20)23-17-13(3)25-18-16(17)12(2)10-15(22-18)14-8-6-5-7-9-14/h5-11H,4H2,1-3H3/b21-11+,23-19+. The van der Waals surface area contributed by atoms with Crippen molar-refractivity contribution in [1.82, 2.24) is 4.98 Å². The molecule has 2 aromatic heterocycles. The number of hydrogen-bond acceptors (Lipinski definition) is 4. The summed E-state index contributed by atoms with van der Waals surface area (Å²) >= 11 is 8.90. The van der Waals surface area contributed by atoms with E-state index in [-0.39, 0.29) is 0 Å². The van der Waals surface area contributed by atoms with Gasteiger partial charge in [0.1, 0.15) is 4.83 Å². The van der Waals surface area contributed by atoms with Gasteiger partial charge in [0.15, 0.2) is 5.17 Å². The normalized spacial score (nSPS) is 12.4. The Kier molecular flexibility index (Phi) is 5.89. The van der Waals surface area contributed by atoms with Crippen LogP contribution in [0.1, 0.15) is 17.4 Å². The summed E-state index contributed by atoms with van der Waals surface area (Å²) in [6.45, 7) is 6.26. The van der Waals surface area contributed by atoms with Crippen LogP contribution in [0.4, 0.5) is 5.69 Å². The van der Waals surface area contributed by atoms with Crippen LogP contribution in [0.5, 0.6) is 0 Å². The van der Waals surface area contributed by atoms with E-state index in [2.05, 4.69) is 44.0 Å². The molecule has 0 unspecified atom stereocenters. The Morgan fingerprint density at radius 3 is 2.72 bits per heavy atom. The number of hydrogen-bond donors (Lipinski definition) is 0. The fourth-order valence-corrected chi connectivity index (χ4v) is 4.36. The van der Waals surface area contributed by atoms with Gasteiger partial charge < -0.3 is 0 Å². The minimum Gasteiger partial charge on any atom is -0.237 e. The van der Waals surface area contributed by atoms with Gasteiger partial charge >= 0.3 is 0 Å². The highest BCUT2D eigenvalue weighted by Crippen LogP contribution is 2.40. The number of fused-ring (bicyclic) bond motifs is 1. The molecule has 2 heterocycles. The lowest BCUT2D eigenvalue weighted by Gasteiger charge is -2.05. The van der Waals surface area contributed by atoms with Gasteiger partial charge in [0, 0.05) is 15.8 Å². The first-order valence-electron chi connectivity index (χ1n) is 7.94. The summed E-state index contributed by atoms with van der Waals surface area (Å²) in [4.78, 5) is 15.9. The lowest BCUT2D eigenvalue weighted by molar-refractivity contribution is 1.38. The van der Waals surface area contributed by atoms with Crippen LogP contribution in [0, 0.1) is 13.8 Å². The Hall–Kier alpha value is -1.69. The van der Waals surface area contributed by atoms with E-state index in [1.807, 2.05) is 18.2 Å². The fraction of sp³-hybridized carbons (Fsp3) is 0.211. The number of benzene rings is 1. The molecule has 128 valence electrons. The van der Waals surface area contributed by atoms with Crippen molar-refractivity contribution in [2.45, 2.75) is 20.8 Å². The van der Waals surface area contributed by atoms with Gasteiger partial charge in [-0.1, -0.05) is 60.6 Å². The maximum atomic E-state index is 5.65. The van der Waals surface area contributed by atoms with Crippen molar-refractivity contribution < 1.29 is 0 Å². The summed E-state index contributed by atoms with van der Waals surface area (Å²) in [7, 11) is 0. The first-order chi connectivity index (χ1) is 12.1. The van der Waals surface area contributed by atoms with Gasteiger partial charge in [-0.05, 0) is 31.2 Å². The molecule has 6 heteroatoms. The lowest BCUT2D eigenvalue weighted by Crippen LogP contribution is -1.89. The van der Waals surface area contributed by atoms with Gasteiger partial charge in [0.05, 0.1) is 17.1 Å². The summed E-state index contributed by atoms with van der Waals surface area (Å²) < 4.78 is 0. The smallest absolute Gasteiger partial charge is 0.188 e. The number of rotatable bonds is 3. The van der Waals surface area contributed by atoms with Crippen molar-refractivity contribution in [3.8, 4) is 11.3 Å². The number of aryl methyl sites for hydroxylation is 2. The predicted octanol–water partition coefficient (Wildman–Crippen LogP) is 6.59. The predicted molar refractivity (Wildman–Crippen MR) is 114 cm³/mol. The second-order valence-corrected chi connectivity index (χ2v) is 8.06. The minimum absolute atomic E-state index is 0.673. The van der Waals surface area contributed by atoms with Crippen molar-refractivity contribution in [3.63, 3.8) is 0 Å². The number of pyridine rings is 1. The molecule has 0 saturated heterocycles. The van der Waals surface area contributed by atoms with Gasteiger partial charge in [0.25, 0.3) is 0 Å². The maximum Gasteiger partial charge on any atom is 0.188 e. The summed E-state index contributed by atoms with van der Waals surface area (Å²) in [6, 6.07) is 12.4. The number of aliphatic imine (C=N–C) groups is 2. The van der Waals surface area contributed by atoms with E-state index >= 15 is 0 Å². The minimum atomic E-state index is 0.673. The molecular weight excluding hydrogens is 370 g/mol. The first-order valence-corrected chi connectivity index (χ1v) is 10.2. The van der Waals surface area contributed by atoms with Crippen molar-refractivity contribution in [2.75, 3.05) is 5.75 Å². The summed E-state index contributed by atoms with van der Waals surface area (Å²) in [6.07, 6.45) is 0. The molecule has 1 aromatic carbocycles. The molecule has 0 N–H and O–H groups in total. The Balaban J connectivity index is 2.16. The Morgan fingerprint density at radius 2 is 2.04 bits per heavy atom. The Morgan fingerprint density at radius 1 is 1.28 bits per heavy atom. The quantitative estimate of drug-likeness (QED) is 0.375. The highest BCUT2D eigenvalue weighted by molar-refractivity contribution is 8.13. The lowest BCUT2D eigenvalue weighted by atomic mass is 10.1. The first kappa shape index (κ1) is 18.1. The van der Waals surface area contributed by atoms with E-state index in [1.165, 1.54) is 11.2 Å². The van der Waals surface area contributed by atoms with Crippen molar-refractivity contribution in [2.24, 2.45) is 9.98 Å². The largest absolute Gasteiger partial charge is 0.237 e. The van der Waals surface area contributed by atoms with Gasteiger partial charge in [-0.25, -0.2) is 15.0 Å². The van der Waals surface area contributed by atoms with E-state index in [0.29, 0.717) is 5.17 Å². The molecule has 0 atom stereocenters. The molecule has 25 heavy (non-hydrogen) atoms. The summed E-state index contributed by atoms with van der Waals surface area (Å²) in [5.74, 6) is 0.892. The van der Waals surface area contributed by atoms with E-state index in [9.17, 15) is 0 Å².